The molecule has 140 valence electrons. The van der Waals surface area contributed by atoms with Crippen LogP contribution in [0.15, 0.2) is 48.6 Å². The molecule has 2 aromatic carbocycles. The van der Waals surface area contributed by atoms with Crippen molar-refractivity contribution in [3.05, 3.63) is 65.7 Å². The lowest BCUT2D eigenvalue weighted by molar-refractivity contribution is 0.372. The Balaban J connectivity index is 0.00000243. The average Bonchev–Trinajstić information content (AvgIpc) is 2.65. The van der Waals surface area contributed by atoms with Crippen molar-refractivity contribution in [3.63, 3.8) is 0 Å². The lowest BCUT2D eigenvalue weighted by Gasteiger charge is -2.27. The van der Waals surface area contributed by atoms with E-state index < -0.39 is 11.6 Å². The number of benzene rings is 2. The maximum atomic E-state index is 14.2. The molecule has 1 fully saturated rings. The van der Waals surface area contributed by atoms with Gasteiger partial charge in [0.2, 0.25) is 5.82 Å². The first-order valence-corrected chi connectivity index (χ1v) is 8.89. The fourth-order valence-electron chi connectivity index (χ4n) is 3.76. The summed E-state index contributed by atoms with van der Waals surface area (Å²) in [7, 11) is 1.33. The molecule has 0 N–H and O–H groups in total. The Morgan fingerprint density at radius 2 is 1.58 bits per heavy atom. The number of rotatable bonds is 4. The first-order chi connectivity index (χ1) is 12.1. The van der Waals surface area contributed by atoms with E-state index >= 15 is 0 Å². The van der Waals surface area contributed by atoms with Gasteiger partial charge < -0.3 is 4.74 Å². The predicted molar refractivity (Wildman–Crippen MR) is 105 cm³/mol. The van der Waals surface area contributed by atoms with Gasteiger partial charge in [0.1, 0.15) is 0 Å². The maximum Gasteiger partial charge on any atom is 0.201 e. The first-order valence-electron chi connectivity index (χ1n) is 8.89. The maximum absolute atomic E-state index is 14.2. The summed E-state index contributed by atoms with van der Waals surface area (Å²) in [5, 5.41) is 0. The summed E-state index contributed by atoms with van der Waals surface area (Å²) in [5.74, 6) is -0.606. The van der Waals surface area contributed by atoms with E-state index in [1.54, 1.807) is 6.07 Å². The van der Waals surface area contributed by atoms with E-state index in [0.717, 1.165) is 0 Å². The summed E-state index contributed by atoms with van der Waals surface area (Å²) in [6.45, 7) is 2.08. The minimum absolute atomic E-state index is 0. The number of hydrogen-bond donors (Lipinski definition) is 0. The molecule has 0 spiro atoms. The third kappa shape index (κ3) is 4.14. The highest BCUT2D eigenvalue weighted by Gasteiger charge is 2.21. The van der Waals surface area contributed by atoms with Crippen LogP contribution in [-0.4, -0.2) is 7.11 Å². The van der Waals surface area contributed by atoms with Crippen LogP contribution in [0.2, 0.25) is 0 Å². The van der Waals surface area contributed by atoms with Crippen molar-refractivity contribution < 1.29 is 13.5 Å². The Labute approximate surface area is 155 Å². The van der Waals surface area contributed by atoms with Gasteiger partial charge in [0.25, 0.3) is 0 Å². The zero-order valence-corrected chi connectivity index (χ0v) is 14.8. The summed E-state index contributed by atoms with van der Waals surface area (Å²) < 4.78 is 33.0. The van der Waals surface area contributed by atoms with Gasteiger partial charge in [-0.15, -0.1) is 0 Å². The topological polar surface area (TPSA) is 9.23 Å². The Bertz CT molecular complexity index is 742. The van der Waals surface area contributed by atoms with Gasteiger partial charge in [-0.2, -0.15) is 4.39 Å². The Hall–Kier alpha value is -2.16. The number of halogens is 2. The molecule has 1 nitrogen and oxygen atoms in total. The van der Waals surface area contributed by atoms with Crippen LogP contribution in [0.5, 0.6) is 5.75 Å². The molecule has 0 atom stereocenters. The molecule has 0 aliphatic heterocycles. The molecule has 1 aliphatic rings. The Kier molecular flexibility index (Phi) is 6.96. The molecule has 3 rings (SSSR count). The summed E-state index contributed by atoms with van der Waals surface area (Å²) in [5.41, 5.74) is 2.24. The second-order valence-electron chi connectivity index (χ2n) is 6.70. The van der Waals surface area contributed by atoms with Gasteiger partial charge >= 0.3 is 0 Å². The third-order valence-corrected chi connectivity index (χ3v) is 5.20. The van der Waals surface area contributed by atoms with Gasteiger partial charge in [-0.25, -0.2) is 4.39 Å². The molecule has 0 bridgehead atoms. The molecule has 0 unspecified atom stereocenters. The van der Waals surface area contributed by atoms with Crippen LogP contribution in [0.1, 0.15) is 51.5 Å². The van der Waals surface area contributed by atoms with E-state index in [0.29, 0.717) is 17.4 Å². The van der Waals surface area contributed by atoms with Crippen molar-refractivity contribution in [3.8, 4) is 16.9 Å². The molecule has 0 aromatic heterocycles. The van der Waals surface area contributed by atoms with Crippen molar-refractivity contribution in [2.24, 2.45) is 5.92 Å². The van der Waals surface area contributed by atoms with Gasteiger partial charge in [-0.3, -0.25) is 0 Å². The van der Waals surface area contributed by atoms with Crippen LogP contribution in [0, 0.1) is 17.6 Å². The quantitative estimate of drug-likeness (QED) is 0.528. The van der Waals surface area contributed by atoms with Crippen LogP contribution in [-0.2, 0) is 0 Å². The highest BCUT2D eigenvalue weighted by atomic mass is 19.2. The van der Waals surface area contributed by atoms with Gasteiger partial charge in [-0.1, -0.05) is 43.8 Å². The molecule has 3 heteroatoms. The normalized spacial score (nSPS) is 20.0. The molecule has 1 aliphatic carbocycles. The third-order valence-electron chi connectivity index (χ3n) is 5.20. The fourth-order valence-corrected chi connectivity index (χ4v) is 3.76. The number of hydrogen-bond acceptors (Lipinski definition) is 1. The van der Waals surface area contributed by atoms with E-state index in [9.17, 15) is 8.78 Å². The van der Waals surface area contributed by atoms with Gasteiger partial charge in [0.05, 0.1) is 7.11 Å². The Morgan fingerprint density at radius 3 is 2.15 bits per heavy atom. The fraction of sp³-hybridized carbons (Fsp3) is 0.391. The van der Waals surface area contributed by atoms with Gasteiger partial charge in [0, 0.05) is 5.56 Å². The van der Waals surface area contributed by atoms with Crippen LogP contribution in [0.4, 0.5) is 8.78 Å². The number of allylic oxidation sites excluding steroid dienone is 2. The molecule has 0 heterocycles. The second-order valence-corrected chi connectivity index (χ2v) is 6.70. The lowest BCUT2D eigenvalue weighted by atomic mass is 9.78. The van der Waals surface area contributed by atoms with E-state index in [1.807, 2.05) is 12.1 Å². The average molecular weight is 358 g/mol. The van der Waals surface area contributed by atoms with Gasteiger partial charge in [0.15, 0.2) is 11.6 Å². The van der Waals surface area contributed by atoms with Crippen LogP contribution in [0.25, 0.3) is 11.1 Å². The molecule has 2 aromatic rings. The van der Waals surface area contributed by atoms with E-state index in [4.69, 9.17) is 4.74 Å². The standard InChI is InChI=1S/C22H24F2O.CH4/c1-3-4-15-5-7-16(8-6-15)17-9-11-18(12-10-17)19-13-14-20(25-2)22(24)21(19)23;/h3-4,9-16H,5-8H2,1-2H3;1H4. The van der Waals surface area contributed by atoms with Crippen molar-refractivity contribution in [1.29, 1.82) is 0 Å². The summed E-state index contributed by atoms with van der Waals surface area (Å²) in [6.07, 6.45) is 9.24. The summed E-state index contributed by atoms with van der Waals surface area (Å²) >= 11 is 0. The van der Waals surface area contributed by atoms with Gasteiger partial charge in [-0.05, 0) is 67.7 Å². The van der Waals surface area contributed by atoms with Crippen molar-refractivity contribution in [2.75, 3.05) is 7.11 Å². The minimum Gasteiger partial charge on any atom is -0.494 e. The molecule has 26 heavy (non-hydrogen) atoms. The predicted octanol–water partition coefficient (Wildman–Crippen LogP) is 7.13. The molecular formula is C23H28F2O. The zero-order valence-electron chi connectivity index (χ0n) is 14.8. The van der Waals surface area contributed by atoms with Crippen LogP contribution >= 0.6 is 0 Å². The van der Waals surface area contributed by atoms with E-state index in [-0.39, 0.29) is 18.7 Å². The largest absolute Gasteiger partial charge is 0.494 e. The number of methoxy groups -OCH3 is 1. The lowest BCUT2D eigenvalue weighted by Crippen LogP contribution is -2.11. The van der Waals surface area contributed by atoms with E-state index in [2.05, 4.69) is 31.2 Å². The molecule has 0 radical (unpaired) electrons. The first kappa shape index (κ1) is 20.2. The van der Waals surface area contributed by atoms with Crippen LogP contribution in [0.3, 0.4) is 0 Å². The molecular weight excluding hydrogens is 330 g/mol. The number of ether oxygens (including phenoxy) is 1. The monoisotopic (exact) mass is 358 g/mol. The van der Waals surface area contributed by atoms with E-state index in [1.165, 1.54) is 44.4 Å². The smallest absolute Gasteiger partial charge is 0.201 e. The van der Waals surface area contributed by atoms with Crippen molar-refractivity contribution >= 4 is 0 Å². The zero-order chi connectivity index (χ0) is 17.8. The van der Waals surface area contributed by atoms with Crippen molar-refractivity contribution in [2.45, 2.75) is 46.0 Å². The molecule has 0 amide bonds. The van der Waals surface area contributed by atoms with Crippen molar-refractivity contribution in [1.82, 2.24) is 0 Å². The summed E-state index contributed by atoms with van der Waals surface area (Å²) in [6, 6.07) is 10.9. The Morgan fingerprint density at radius 1 is 0.923 bits per heavy atom. The molecule has 0 saturated heterocycles. The summed E-state index contributed by atoms with van der Waals surface area (Å²) in [4.78, 5) is 0. The molecule has 1 saturated carbocycles. The SMILES string of the molecule is C.CC=CC1CCC(c2ccc(-c3ccc(OC)c(F)c3F)cc2)CC1. The highest BCUT2D eigenvalue weighted by molar-refractivity contribution is 5.65. The van der Waals surface area contributed by atoms with Crippen LogP contribution < -0.4 is 4.74 Å². The highest BCUT2D eigenvalue weighted by Crippen LogP contribution is 2.37. The minimum atomic E-state index is -0.939. The second kappa shape index (κ2) is 8.98.